The molecule has 0 radical (unpaired) electrons. The molecule has 206 valence electrons. The number of rotatable bonds is 14. The highest BCUT2D eigenvalue weighted by molar-refractivity contribution is 5.89. The molecule has 0 aliphatic heterocycles. The molecule has 1 aromatic carbocycles. The van der Waals surface area contributed by atoms with Gasteiger partial charge in [0, 0.05) is 6.42 Å². The molecule has 6 N–H and O–H groups in total. The van der Waals surface area contributed by atoms with Gasteiger partial charge in [-0.2, -0.15) is 15.0 Å². The first-order valence-corrected chi connectivity index (χ1v) is 11.8. The number of carboxylic acid groups (broad SMARTS) is 2. The zero-order valence-electron chi connectivity index (χ0n) is 21.8. The van der Waals surface area contributed by atoms with Crippen molar-refractivity contribution in [3.8, 4) is 0 Å². The highest BCUT2D eigenvalue weighted by Crippen LogP contribution is 2.16. The van der Waals surface area contributed by atoms with E-state index >= 15 is 0 Å². The lowest BCUT2D eigenvalue weighted by molar-refractivity contribution is -0.144. The normalized spacial score (nSPS) is 13.9. The Morgan fingerprint density at radius 1 is 0.816 bits per heavy atom. The van der Waals surface area contributed by atoms with Gasteiger partial charge in [0.25, 0.3) is 0 Å². The van der Waals surface area contributed by atoms with Gasteiger partial charge in [-0.05, 0) is 25.3 Å². The molecule has 0 spiro atoms. The van der Waals surface area contributed by atoms with Gasteiger partial charge in [-0.15, -0.1) is 0 Å². The third-order valence-corrected chi connectivity index (χ3v) is 5.38. The Hall–Kier alpha value is -4.49. The van der Waals surface area contributed by atoms with Crippen LogP contribution < -0.4 is 21.3 Å². The number of hydrogen-bond acceptors (Lipinski definition) is 11. The summed E-state index contributed by atoms with van der Waals surface area (Å²) in [6.07, 6.45) is 0.112. The molecule has 2 aromatic rings. The number of esters is 1. The van der Waals surface area contributed by atoms with Crippen LogP contribution in [0.1, 0.15) is 33.3 Å². The van der Waals surface area contributed by atoms with Gasteiger partial charge < -0.3 is 36.2 Å². The molecule has 0 saturated heterocycles. The van der Waals surface area contributed by atoms with Gasteiger partial charge in [0.2, 0.25) is 23.8 Å². The van der Waals surface area contributed by atoms with Crippen LogP contribution in [0.25, 0.3) is 0 Å². The van der Waals surface area contributed by atoms with Gasteiger partial charge in [-0.3, -0.25) is 9.59 Å². The van der Waals surface area contributed by atoms with Gasteiger partial charge >= 0.3 is 17.9 Å². The summed E-state index contributed by atoms with van der Waals surface area (Å²) in [5.41, 5.74) is 0.758. The van der Waals surface area contributed by atoms with Crippen LogP contribution >= 0.6 is 0 Å². The monoisotopic (exact) mass is 531 g/mol. The van der Waals surface area contributed by atoms with Gasteiger partial charge in [0.15, 0.2) is 0 Å². The van der Waals surface area contributed by atoms with Crippen molar-refractivity contribution >= 4 is 41.7 Å². The van der Waals surface area contributed by atoms with Crippen LogP contribution in [-0.4, -0.2) is 80.3 Å². The minimum absolute atomic E-state index is 0.112. The molecule has 0 unspecified atom stereocenters. The number of benzene rings is 1. The van der Waals surface area contributed by atoms with E-state index in [4.69, 9.17) is 0 Å². The second-order valence-corrected chi connectivity index (χ2v) is 8.85. The Labute approximate surface area is 219 Å². The van der Waals surface area contributed by atoms with E-state index in [1.54, 1.807) is 38.1 Å². The minimum atomic E-state index is -1.17. The second-order valence-electron chi connectivity index (χ2n) is 8.85. The molecular formula is C24H33N7O7. The molecule has 0 fully saturated rings. The fraction of sp³-hybridized carbons (Fsp3) is 0.458. The predicted octanol–water partition coefficient (Wildman–Crippen LogP) is 0.979. The molecule has 0 aliphatic carbocycles. The number of ether oxygens (including phenoxy) is 1. The first-order valence-electron chi connectivity index (χ1n) is 11.8. The number of aliphatic carboxylic acids is 2. The number of carboxylic acids is 2. The lowest BCUT2D eigenvalue weighted by Crippen LogP contribution is -2.49. The molecule has 0 bridgehead atoms. The summed E-state index contributed by atoms with van der Waals surface area (Å²) in [6.45, 7) is 6.36. The number of nitrogens with one attached hydrogen (secondary N) is 4. The standard InChI is InChI=1S/C24H33N7O7/c1-12(2)17(18(32)25-14(4)21(37)38-5)28-24-30-22(26-13(3)19(33)34)29-23(31-24)27-16(20(35)36)11-15-9-7-6-8-10-15/h6-10,12-14,16-17H,11H2,1-5H3,(H,25,32)(H,33,34)(H,35,36)(H3,26,27,28,29,30,31)/t13-,14-,16-,17-/m0/s1. The highest BCUT2D eigenvalue weighted by atomic mass is 16.5. The number of nitrogens with zero attached hydrogens (tertiary/aromatic N) is 3. The molecule has 1 amide bonds. The summed E-state index contributed by atoms with van der Waals surface area (Å²) in [4.78, 5) is 60.4. The topological polar surface area (TPSA) is 205 Å². The molecule has 38 heavy (non-hydrogen) atoms. The van der Waals surface area contributed by atoms with E-state index in [1.807, 2.05) is 6.07 Å². The number of methoxy groups -OCH3 is 1. The number of hydrogen-bond donors (Lipinski definition) is 6. The summed E-state index contributed by atoms with van der Waals surface area (Å²) >= 11 is 0. The van der Waals surface area contributed by atoms with Crippen LogP contribution in [0.15, 0.2) is 30.3 Å². The molecule has 2 rings (SSSR count). The molecule has 4 atom stereocenters. The Kier molecular flexibility index (Phi) is 10.7. The second kappa shape index (κ2) is 13.7. The van der Waals surface area contributed by atoms with Crippen LogP contribution in [-0.2, 0) is 30.3 Å². The quantitative estimate of drug-likeness (QED) is 0.188. The fourth-order valence-corrected chi connectivity index (χ4v) is 3.24. The summed E-state index contributed by atoms with van der Waals surface area (Å²) < 4.78 is 4.64. The zero-order valence-corrected chi connectivity index (χ0v) is 21.8. The summed E-state index contributed by atoms with van der Waals surface area (Å²) in [5.74, 6) is -4.22. The van der Waals surface area contributed by atoms with Gasteiger partial charge in [0.1, 0.15) is 24.2 Å². The third-order valence-electron chi connectivity index (χ3n) is 5.38. The average Bonchev–Trinajstić information content (AvgIpc) is 2.86. The lowest BCUT2D eigenvalue weighted by atomic mass is 10.0. The number of anilines is 3. The Morgan fingerprint density at radius 3 is 1.87 bits per heavy atom. The molecule has 0 saturated carbocycles. The first kappa shape index (κ1) is 29.7. The summed E-state index contributed by atoms with van der Waals surface area (Å²) in [6, 6.07) is 4.91. The Bertz CT molecular complexity index is 1130. The Morgan fingerprint density at radius 2 is 1.37 bits per heavy atom. The maximum absolute atomic E-state index is 12.9. The first-order chi connectivity index (χ1) is 17.9. The highest BCUT2D eigenvalue weighted by Gasteiger charge is 2.28. The Balaban J connectivity index is 2.37. The maximum atomic E-state index is 12.9. The van der Waals surface area contributed by atoms with Gasteiger partial charge in [-0.1, -0.05) is 44.2 Å². The minimum Gasteiger partial charge on any atom is -0.480 e. The fourth-order valence-electron chi connectivity index (χ4n) is 3.24. The number of carbonyl (C=O) groups excluding carboxylic acids is 2. The molecule has 0 aliphatic rings. The van der Waals surface area contributed by atoms with Crippen LogP contribution in [0.3, 0.4) is 0 Å². The van der Waals surface area contributed by atoms with Gasteiger partial charge in [0.05, 0.1) is 7.11 Å². The van der Waals surface area contributed by atoms with E-state index in [0.717, 1.165) is 5.56 Å². The van der Waals surface area contributed by atoms with Crippen molar-refractivity contribution in [1.29, 1.82) is 0 Å². The molecule has 1 aromatic heterocycles. The third kappa shape index (κ3) is 8.87. The number of aromatic nitrogens is 3. The van der Waals surface area contributed by atoms with Crippen LogP contribution in [0.4, 0.5) is 17.8 Å². The molecular weight excluding hydrogens is 498 g/mol. The summed E-state index contributed by atoms with van der Waals surface area (Å²) in [5, 5.41) is 29.8. The van der Waals surface area contributed by atoms with Crippen LogP contribution in [0.5, 0.6) is 0 Å². The van der Waals surface area contributed by atoms with Crippen molar-refractivity contribution in [2.24, 2.45) is 5.92 Å². The van der Waals surface area contributed by atoms with Gasteiger partial charge in [-0.25, -0.2) is 9.59 Å². The summed E-state index contributed by atoms with van der Waals surface area (Å²) in [7, 11) is 1.21. The van der Waals surface area contributed by atoms with Crippen molar-refractivity contribution in [3.63, 3.8) is 0 Å². The molecule has 14 heteroatoms. The van der Waals surface area contributed by atoms with E-state index in [-0.39, 0.29) is 30.2 Å². The smallest absolute Gasteiger partial charge is 0.328 e. The lowest BCUT2D eigenvalue weighted by Gasteiger charge is -2.24. The average molecular weight is 532 g/mol. The van der Waals surface area contributed by atoms with Crippen molar-refractivity contribution < 1.29 is 34.1 Å². The van der Waals surface area contributed by atoms with E-state index in [0.29, 0.717) is 0 Å². The van der Waals surface area contributed by atoms with Crippen molar-refractivity contribution in [2.45, 2.75) is 58.3 Å². The molecule has 1 heterocycles. The molecule has 14 nitrogen and oxygen atoms in total. The number of carbonyl (C=O) groups is 4. The van der Waals surface area contributed by atoms with E-state index < -0.39 is 48.0 Å². The van der Waals surface area contributed by atoms with E-state index in [1.165, 1.54) is 21.0 Å². The number of amides is 1. The van der Waals surface area contributed by atoms with E-state index in [2.05, 4.69) is 41.0 Å². The zero-order chi connectivity index (χ0) is 28.4. The van der Waals surface area contributed by atoms with Crippen LogP contribution in [0.2, 0.25) is 0 Å². The SMILES string of the molecule is COC(=O)[C@H](C)NC(=O)[C@@H](Nc1nc(N[C@@H](C)C(=O)O)nc(N[C@@H](Cc2ccccc2)C(=O)O)n1)C(C)C. The maximum Gasteiger partial charge on any atom is 0.328 e. The van der Waals surface area contributed by atoms with Crippen LogP contribution in [0, 0.1) is 5.92 Å². The largest absolute Gasteiger partial charge is 0.480 e. The van der Waals surface area contributed by atoms with E-state index in [9.17, 15) is 29.4 Å². The van der Waals surface area contributed by atoms with Crippen molar-refractivity contribution in [3.05, 3.63) is 35.9 Å². The van der Waals surface area contributed by atoms with Crippen molar-refractivity contribution in [1.82, 2.24) is 20.3 Å². The predicted molar refractivity (Wildman–Crippen MR) is 138 cm³/mol. The van der Waals surface area contributed by atoms with Crippen molar-refractivity contribution in [2.75, 3.05) is 23.1 Å².